The van der Waals surface area contributed by atoms with E-state index >= 15 is 0 Å². The number of hydrogen-bond acceptors (Lipinski definition) is 10. The van der Waals surface area contributed by atoms with Gasteiger partial charge in [0.05, 0.1) is 19.6 Å². The van der Waals surface area contributed by atoms with Crippen molar-refractivity contribution in [3.63, 3.8) is 0 Å². The number of ether oxygens (including phenoxy) is 2. The van der Waals surface area contributed by atoms with E-state index in [4.69, 9.17) is 14.9 Å². The number of carbonyl (C=O) groups is 2. The maximum atomic E-state index is 11.2. The number of esters is 2. The van der Waals surface area contributed by atoms with Crippen LogP contribution in [0.3, 0.4) is 0 Å². The van der Waals surface area contributed by atoms with E-state index in [1.54, 1.807) is 0 Å². The third-order valence-electron chi connectivity index (χ3n) is 5.06. The Balaban J connectivity index is 0.000000504. The molecular weight excluding hydrogens is 416 g/mol. The SMILES string of the molecule is C=CC(=O)OCCO.CCN1CCN(CCC(=O)OCCO)CC1.CCN1CCNCC1. The Morgan fingerprint density at radius 2 is 1.38 bits per heavy atom. The highest BCUT2D eigenvalue weighted by molar-refractivity contribution is 5.81. The van der Waals surface area contributed by atoms with Crippen LogP contribution in [0, 0.1) is 0 Å². The van der Waals surface area contributed by atoms with Crippen LogP contribution in [0.2, 0.25) is 0 Å². The summed E-state index contributed by atoms with van der Waals surface area (Å²) in [6, 6.07) is 0. The van der Waals surface area contributed by atoms with Crippen molar-refractivity contribution in [2.75, 3.05) is 98.4 Å². The first-order valence-corrected chi connectivity index (χ1v) is 11.5. The van der Waals surface area contributed by atoms with Gasteiger partial charge in [-0.05, 0) is 13.1 Å². The Hall–Kier alpha value is -1.56. The minimum atomic E-state index is -0.501. The van der Waals surface area contributed by atoms with E-state index in [0.717, 1.165) is 45.3 Å². The fourth-order valence-corrected chi connectivity index (χ4v) is 3.04. The second-order valence-electron chi connectivity index (χ2n) is 7.25. The molecular formula is C22H44N4O6. The molecule has 0 atom stereocenters. The Bertz CT molecular complexity index is 481. The van der Waals surface area contributed by atoms with E-state index < -0.39 is 5.97 Å². The van der Waals surface area contributed by atoms with Crippen LogP contribution >= 0.6 is 0 Å². The van der Waals surface area contributed by atoms with Crippen LogP contribution in [-0.4, -0.2) is 135 Å². The van der Waals surface area contributed by atoms with Gasteiger partial charge < -0.3 is 39.7 Å². The number of nitrogens with zero attached hydrogens (tertiary/aromatic N) is 3. The van der Waals surface area contributed by atoms with E-state index in [-0.39, 0.29) is 32.4 Å². The zero-order valence-corrected chi connectivity index (χ0v) is 20.0. The van der Waals surface area contributed by atoms with Crippen LogP contribution in [0.15, 0.2) is 12.7 Å². The molecule has 2 heterocycles. The number of nitrogens with one attached hydrogen (secondary N) is 1. The average Bonchev–Trinajstić information content (AvgIpc) is 2.86. The molecule has 188 valence electrons. The summed E-state index contributed by atoms with van der Waals surface area (Å²) in [5.74, 6) is -0.717. The zero-order valence-electron chi connectivity index (χ0n) is 20.0. The van der Waals surface area contributed by atoms with Crippen LogP contribution in [-0.2, 0) is 19.1 Å². The minimum absolute atomic E-state index is 0.0465. The fourth-order valence-electron chi connectivity index (χ4n) is 3.04. The highest BCUT2D eigenvalue weighted by Crippen LogP contribution is 2.02. The minimum Gasteiger partial charge on any atom is -0.463 e. The van der Waals surface area contributed by atoms with Crippen molar-refractivity contribution in [3.05, 3.63) is 12.7 Å². The number of aliphatic hydroxyl groups is 2. The van der Waals surface area contributed by atoms with E-state index in [1.807, 2.05) is 0 Å². The lowest BCUT2D eigenvalue weighted by Gasteiger charge is -2.33. The molecule has 2 aliphatic heterocycles. The van der Waals surface area contributed by atoms with Crippen LogP contribution in [0.1, 0.15) is 20.3 Å². The number of carbonyl (C=O) groups excluding carboxylic acids is 2. The Labute approximate surface area is 193 Å². The van der Waals surface area contributed by atoms with Gasteiger partial charge in [0.15, 0.2) is 0 Å². The van der Waals surface area contributed by atoms with Crippen molar-refractivity contribution in [2.45, 2.75) is 20.3 Å². The summed E-state index contributed by atoms with van der Waals surface area (Å²) in [6.07, 6.45) is 1.47. The molecule has 0 spiro atoms. The fraction of sp³-hybridized carbons (Fsp3) is 0.818. The molecule has 0 aliphatic carbocycles. The van der Waals surface area contributed by atoms with Gasteiger partial charge in [0, 0.05) is 65.0 Å². The van der Waals surface area contributed by atoms with Crippen molar-refractivity contribution in [1.29, 1.82) is 0 Å². The number of piperazine rings is 2. The molecule has 0 unspecified atom stereocenters. The van der Waals surface area contributed by atoms with Crippen LogP contribution in [0.4, 0.5) is 0 Å². The first kappa shape index (κ1) is 30.4. The molecule has 10 heteroatoms. The summed E-state index contributed by atoms with van der Waals surface area (Å²) in [5.41, 5.74) is 0. The molecule has 2 saturated heterocycles. The molecule has 3 N–H and O–H groups in total. The molecule has 0 amide bonds. The van der Waals surface area contributed by atoms with Gasteiger partial charge in [-0.25, -0.2) is 4.79 Å². The van der Waals surface area contributed by atoms with Gasteiger partial charge in [-0.2, -0.15) is 0 Å². The summed E-state index contributed by atoms with van der Waals surface area (Å²) in [7, 11) is 0. The normalized spacial score (nSPS) is 17.2. The molecule has 10 nitrogen and oxygen atoms in total. The Kier molecular flexibility index (Phi) is 20.3. The molecule has 0 aromatic rings. The quantitative estimate of drug-likeness (QED) is 0.282. The zero-order chi connectivity index (χ0) is 24.0. The third kappa shape index (κ3) is 17.0. The van der Waals surface area contributed by atoms with E-state index in [9.17, 15) is 9.59 Å². The average molecular weight is 461 g/mol. The van der Waals surface area contributed by atoms with Crippen molar-refractivity contribution in [3.8, 4) is 0 Å². The van der Waals surface area contributed by atoms with Gasteiger partial charge in [-0.3, -0.25) is 4.79 Å². The lowest BCUT2D eigenvalue weighted by molar-refractivity contribution is -0.145. The largest absolute Gasteiger partial charge is 0.463 e. The van der Waals surface area contributed by atoms with Gasteiger partial charge in [0.2, 0.25) is 0 Å². The van der Waals surface area contributed by atoms with Crippen molar-refractivity contribution >= 4 is 11.9 Å². The topological polar surface area (TPSA) is 115 Å². The Morgan fingerprint density at radius 3 is 1.84 bits per heavy atom. The summed E-state index contributed by atoms with van der Waals surface area (Å²) in [6.45, 7) is 19.6. The van der Waals surface area contributed by atoms with Gasteiger partial charge >= 0.3 is 11.9 Å². The van der Waals surface area contributed by atoms with Gasteiger partial charge in [-0.1, -0.05) is 20.4 Å². The Morgan fingerprint density at radius 1 is 0.875 bits per heavy atom. The first-order chi connectivity index (χ1) is 15.5. The molecule has 0 aromatic heterocycles. The summed E-state index contributed by atoms with van der Waals surface area (Å²) in [5, 5.41) is 19.9. The van der Waals surface area contributed by atoms with E-state index in [1.165, 1.54) is 32.7 Å². The predicted molar refractivity (Wildman–Crippen MR) is 124 cm³/mol. The molecule has 0 saturated carbocycles. The third-order valence-corrected chi connectivity index (χ3v) is 5.06. The summed E-state index contributed by atoms with van der Waals surface area (Å²) >= 11 is 0. The van der Waals surface area contributed by atoms with E-state index in [0.29, 0.717) is 6.42 Å². The number of likely N-dealkylation sites (N-methyl/N-ethyl adjacent to an activating group) is 2. The monoisotopic (exact) mass is 460 g/mol. The van der Waals surface area contributed by atoms with Crippen molar-refractivity contribution in [2.24, 2.45) is 0 Å². The van der Waals surface area contributed by atoms with Gasteiger partial charge in [0.1, 0.15) is 13.2 Å². The highest BCUT2D eigenvalue weighted by Gasteiger charge is 2.16. The summed E-state index contributed by atoms with van der Waals surface area (Å²) < 4.78 is 9.13. The van der Waals surface area contributed by atoms with Crippen LogP contribution in [0.25, 0.3) is 0 Å². The highest BCUT2D eigenvalue weighted by atomic mass is 16.5. The standard InChI is InChI=1S/C11H22N2O3.C6H14N2.C5H8O3/c1-2-12-5-7-13(8-6-12)4-3-11(15)16-10-9-14;1-2-8-5-3-7-4-6-8;1-2-5(7)8-4-3-6/h14H,2-10H2,1H3;7H,2-6H2,1H3;2,6H,1,3-4H2. The van der Waals surface area contributed by atoms with Gasteiger partial charge in [-0.15, -0.1) is 0 Å². The lowest BCUT2D eigenvalue weighted by atomic mass is 10.3. The van der Waals surface area contributed by atoms with E-state index in [2.05, 4.69) is 45.2 Å². The second kappa shape index (κ2) is 21.3. The first-order valence-electron chi connectivity index (χ1n) is 11.5. The summed E-state index contributed by atoms with van der Waals surface area (Å²) in [4.78, 5) is 28.5. The molecule has 0 bridgehead atoms. The predicted octanol–water partition coefficient (Wildman–Crippen LogP) is -0.831. The molecule has 32 heavy (non-hydrogen) atoms. The smallest absolute Gasteiger partial charge is 0.330 e. The van der Waals surface area contributed by atoms with Crippen molar-refractivity contribution in [1.82, 2.24) is 20.0 Å². The molecule has 2 aliphatic rings. The molecule has 2 rings (SSSR count). The van der Waals surface area contributed by atoms with Gasteiger partial charge in [0.25, 0.3) is 0 Å². The second-order valence-corrected chi connectivity index (χ2v) is 7.25. The maximum absolute atomic E-state index is 11.2. The number of rotatable bonds is 10. The molecule has 0 aromatic carbocycles. The number of aliphatic hydroxyl groups excluding tert-OH is 2. The van der Waals surface area contributed by atoms with Crippen molar-refractivity contribution < 1.29 is 29.3 Å². The molecule has 0 radical (unpaired) electrons. The van der Waals surface area contributed by atoms with Crippen LogP contribution < -0.4 is 5.32 Å². The maximum Gasteiger partial charge on any atom is 0.330 e. The number of hydrogen-bond donors (Lipinski definition) is 3. The van der Waals surface area contributed by atoms with Crippen LogP contribution in [0.5, 0.6) is 0 Å². The molecule has 2 fully saturated rings. The lowest BCUT2D eigenvalue weighted by Crippen LogP contribution is -2.46.